The van der Waals surface area contributed by atoms with Gasteiger partial charge in [-0.15, -0.1) is 0 Å². The fourth-order valence-electron chi connectivity index (χ4n) is 1.36. The van der Waals surface area contributed by atoms with Gasteiger partial charge in [0.2, 0.25) is 0 Å². The van der Waals surface area contributed by atoms with E-state index in [9.17, 15) is 0 Å². The minimum absolute atomic E-state index is 0.245. The van der Waals surface area contributed by atoms with Crippen LogP contribution in [0.5, 0.6) is 0 Å². The maximum Gasteiger partial charge on any atom is 0.0740 e. The number of nitrogen functional groups attached to an aromatic ring is 1. The molecule has 1 aromatic rings. The lowest BCUT2D eigenvalue weighted by molar-refractivity contribution is 0.0660. The minimum atomic E-state index is 0.245. The molecule has 0 saturated carbocycles. The summed E-state index contributed by atoms with van der Waals surface area (Å²) in [6.07, 6.45) is 0.245. The summed E-state index contributed by atoms with van der Waals surface area (Å²) in [6, 6.07) is 6.23. The maximum absolute atomic E-state index is 5.97. The van der Waals surface area contributed by atoms with E-state index < -0.39 is 0 Å². The number of hydrogen-bond donors (Lipinski definition) is 1. The molecule has 0 heterocycles. The lowest BCUT2D eigenvalue weighted by atomic mass is 10.0. The van der Waals surface area contributed by atoms with Crippen LogP contribution in [0.15, 0.2) is 18.2 Å². The first-order chi connectivity index (χ1) is 7.00. The summed E-state index contributed by atoms with van der Waals surface area (Å²) >= 11 is 0. The number of anilines is 1. The van der Waals surface area contributed by atoms with Crippen LogP contribution in [-0.2, 0) is 11.3 Å². The molecule has 0 unspecified atom stereocenters. The summed E-state index contributed by atoms with van der Waals surface area (Å²) in [7, 11) is 0. The zero-order chi connectivity index (χ0) is 11.4. The average molecular weight is 207 g/mol. The monoisotopic (exact) mass is 207 g/mol. The molecule has 84 valence electrons. The molecule has 15 heavy (non-hydrogen) atoms. The Kier molecular flexibility index (Phi) is 4.15. The van der Waals surface area contributed by atoms with E-state index in [0.717, 1.165) is 11.3 Å². The standard InChI is InChI=1S/C13H21NO/c1-9(2)11-5-6-12(13(14)7-11)8-15-10(3)4/h5-7,9-10H,8,14H2,1-4H3. The van der Waals surface area contributed by atoms with Crippen molar-refractivity contribution >= 4 is 5.69 Å². The van der Waals surface area contributed by atoms with Crippen molar-refractivity contribution in [2.24, 2.45) is 0 Å². The van der Waals surface area contributed by atoms with Crippen molar-refractivity contribution < 1.29 is 4.74 Å². The van der Waals surface area contributed by atoms with Crippen LogP contribution in [0.4, 0.5) is 5.69 Å². The van der Waals surface area contributed by atoms with E-state index in [0.29, 0.717) is 12.5 Å². The number of benzene rings is 1. The molecule has 0 atom stereocenters. The Morgan fingerprint density at radius 3 is 2.33 bits per heavy atom. The zero-order valence-corrected chi connectivity index (χ0v) is 10.1. The van der Waals surface area contributed by atoms with E-state index in [-0.39, 0.29) is 6.10 Å². The first kappa shape index (κ1) is 12.1. The van der Waals surface area contributed by atoms with Crippen molar-refractivity contribution in [1.82, 2.24) is 0 Å². The highest BCUT2D eigenvalue weighted by Crippen LogP contribution is 2.21. The molecular weight excluding hydrogens is 186 g/mol. The minimum Gasteiger partial charge on any atom is -0.398 e. The molecule has 2 heteroatoms. The van der Waals surface area contributed by atoms with Gasteiger partial charge in [0.15, 0.2) is 0 Å². The lowest BCUT2D eigenvalue weighted by Crippen LogP contribution is -2.05. The average Bonchev–Trinajstić information content (AvgIpc) is 2.15. The van der Waals surface area contributed by atoms with Crippen LogP contribution in [0.3, 0.4) is 0 Å². The first-order valence-electron chi connectivity index (χ1n) is 5.50. The van der Waals surface area contributed by atoms with Crippen molar-refractivity contribution in [2.45, 2.75) is 46.3 Å². The number of hydrogen-bond acceptors (Lipinski definition) is 2. The highest BCUT2D eigenvalue weighted by Gasteiger charge is 2.04. The van der Waals surface area contributed by atoms with E-state index in [4.69, 9.17) is 10.5 Å². The topological polar surface area (TPSA) is 35.2 Å². The van der Waals surface area contributed by atoms with Crippen LogP contribution in [0.1, 0.15) is 44.7 Å². The molecule has 0 bridgehead atoms. The molecule has 2 nitrogen and oxygen atoms in total. The van der Waals surface area contributed by atoms with Gasteiger partial charge in [0.1, 0.15) is 0 Å². The Labute approximate surface area is 92.4 Å². The Balaban J connectivity index is 2.75. The molecule has 0 amide bonds. The Morgan fingerprint density at radius 2 is 1.87 bits per heavy atom. The van der Waals surface area contributed by atoms with Gasteiger partial charge in [-0.3, -0.25) is 0 Å². The van der Waals surface area contributed by atoms with Crippen molar-refractivity contribution in [3.63, 3.8) is 0 Å². The van der Waals surface area contributed by atoms with Gasteiger partial charge in [-0.25, -0.2) is 0 Å². The molecule has 0 aromatic heterocycles. The molecule has 0 aliphatic carbocycles. The van der Waals surface area contributed by atoms with Crippen LogP contribution in [0.2, 0.25) is 0 Å². The van der Waals surface area contributed by atoms with Gasteiger partial charge in [0.25, 0.3) is 0 Å². The summed E-state index contributed by atoms with van der Waals surface area (Å²) in [5.74, 6) is 0.521. The van der Waals surface area contributed by atoms with Gasteiger partial charge < -0.3 is 10.5 Å². The predicted octanol–water partition coefficient (Wildman–Crippen LogP) is 3.32. The van der Waals surface area contributed by atoms with E-state index in [2.05, 4.69) is 26.0 Å². The van der Waals surface area contributed by atoms with Gasteiger partial charge in [0.05, 0.1) is 12.7 Å². The van der Waals surface area contributed by atoms with Crippen LogP contribution < -0.4 is 5.73 Å². The second kappa shape index (κ2) is 5.17. The Morgan fingerprint density at radius 1 is 1.20 bits per heavy atom. The van der Waals surface area contributed by atoms with E-state index in [1.165, 1.54) is 5.56 Å². The van der Waals surface area contributed by atoms with Crippen LogP contribution in [0.25, 0.3) is 0 Å². The number of nitrogens with two attached hydrogens (primary N) is 1. The molecule has 0 radical (unpaired) electrons. The van der Waals surface area contributed by atoms with Crippen LogP contribution in [0, 0.1) is 0 Å². The molecule has 0 aliphatic heterocycles. The third kappa shape index (κ3) is 3.56. The van der Waals surface area contributed by atoms with Crippen LogP contribution >= 0.6 is 0 Å². The largest absolute Gasteiger partial charge is 0.398 e. The summed E-state index contributed by atoms with van der Waals surface area (Å²) in [5.41, 5.74) is 9.16. The highest BCUT2D eigenvalue weighted by molar-refractivity contribution is 5.49. The van der Waals surface area contributed by atoms with Crippen molar-refractivity contribution in [3.05, 3.63) is 29.3 Å². The molecule has 1 aromatic carbocycles. The van der Waals surface area contributed by atoms with Gasteiger partial charge in [-0.2, -0.15) is 0 Å². The maximum atomic E-state index is 5.97. The normalized spacial score (nSPS) is 11.3. The SMILES string of the molecule is CC(C)OCc1ccc(C(C)C)cc1N. The lowest BCUT2D eigenvalue weighted by Gasteiger charge is -2.12. The number of rotatable bonds is 4. The highest BCUT2D eigenvalue weighted by atomic mass is 16.5. The Hall–Kier alpha value is -1.02. The molecule has 1 rings (SSSR count). The Bertz CT molecular complexity index is 318. The molecule has 0 fully saturated rings. The van der Waals surface area contributed by atoms with Crippen molar-refractivity contribution in [2.75, 3.05) is 5.73 Å². The second-order valence-electron chi connectivity index (χ2n) is 4.47. The smallest absolute Gasteiger partial charge is 0.0740 e. The van der Waals surface area contributed by atoms with E-state index in [1.54, 1.807) is 0 Å². The third-order valence-electron chi connectivity index (χ3n) is 2.41. The molecular formula is C13H21NO. The van der Waals surface area contributed by atoms with Crippen molar-refractivity contribution in [1.29, 1.82) is 0 Å². The molecule has 2 N–H and O–H groups in total. The fraction of sp³-hybridized carbons (Fsp3) is 0.538. The molecule has 0 saturated heterocycles. The van der Waals surface area contributed by atoms with Crippen LogP contribution in [-0.4, -0.2) is 6.10 Å². The number of ether oxygens (including phenoxy) is 1. The third-order valence-corrected chi connectivity index (χ3v) is 2.41. The fourth-order valence-corrected chi connectivity index (χ4v) is 1.36. The van der Waals surface area contributed by atoms with E-state index in [1.807, 2.05) is 19.9 Å². The first-order valence-corrected chi connectivity index (χ1v) is 5.50. The predicted molar refractivity (Wildman–Crippen MR) is 64.9 cm³/mol. The molecule has 0 spiro atoms. The van der Waals surface area contributed by atoms with Gasteiger partial charge in [-0.05, 0) is 31.4 Å². The summed E-state index contributed by atoms with van der Waals surface area (Å²) in [5, 5.41) is 0. The van der Waals surface area contributed by atoms with Gasteiger partial charge in [0, 0.05) is 11.3 Å². The zero-order valence-electron chi connectivity index (χ0n) is 10.1. The van der Waals surface area contributed by atoms with Crippen molar-refractivity contribution in [3.8, 4) is 0 Å². The summed E-state index contributed by atoms with van der Waals surface area (Å²) < 4.78 is 5.53. The summed E-state index contributed by atoms with van der Waals surface area (Å²) in [4.78, 5) is 0. The quantitative estimate of drug-likeness (QED) is 0.769. The summed E-state index contributed by atoms with van der Waals surface area (Å²) in [6.45, 7) is 8.98. The molecule has 0 aliphatic rings. The van der Waals surface area contributed by atoms with Gasteiger partial charge >= 0.3 is 0 Å². The van der Waals surface area contributed by atoms with E-state index >= 15 is 0 Å². The van der Waals surface area contributed by atoms with Gasteiger partial charge in [-0.1, -0.05) is 26.0 Å². The second-order valence-corrected chi connectivity index (χ2v) is 4.47.